The standard InChI is InChI=1S/C12H12Cl3NO4S/c1-6-10(2-3-20-6)16-12(17)8-4-7(21(15,18)19)5-9(13)11(8)14/h4-6,10H,2-3H2,1H3,(H,16,17). The Morgan fingerprint density at radius 1 is 1.38 bits per heavy atom. The third-order valence-electron chi connectivity index (χ3n) is 3.22. The van der Waals surface area contributed by atoms with Crippen LogP contribution in [-0.4, -0.2) is 33.1 Å². The van der Waals surface area contributed by atoms with Crippen molar-refractivity contribution in [2.75, 3.05) is 6.61 Å². The summed E-state index contributed by atoms with van der Waals surface area (Å²) in [5, 5.41) is 2.67. The Bertz CT molecular complexity index is 677. The summed E-state index contributed by atoms with van der Waals surface area (Å²) in [5.74, 6) is -0.522. The van der Waals surface area contributed by atoms with Crippen LogP contribution in [0.3, 0.4) is 0 Å². The molecule has 0 aromatic heterocycles. The number of benzene rings is 1. The van der Waals surface area contributed by atoms with Gasteiger partial charge in [0.1, 0.15) is 0 Å². The van der Waals surface area contributed by atoms with Gasteiger partial charge in [-0.05, 0) is 25.5 Å². The van der Waals surface area contributed by atoms with Gasteiger partial charge < -0.3 is 10.1 Å². The van der Waals surface area contributed by atoms with Gasteiger partial charge in [0.15, 0.2) is 0 Å². The summed E-state index contributed by atoms with van der Waals surface area (Å²) < 4.78 is 28.1. The fraction of sp³-hybridized carbons (Fsp3) is 0.417. The van der Waals surface area contributed by atoms with Crippen molar-refractivity contribution in [2.45, 2.75) is 30.4 Å². The summed E-state index contributed by atoms with van der Waals surface area (Å²) in [7, 11) is 1.26. The number of carbonyl (C=O) groups is 1. The molecule has 1 aromatic carbocycles. The molecule has 2 atom stereocenters. The van der Waals surface area contributed by atoms with Crippen LogP contribution in [0, 0.1) is 0 Å². The number of amides is 1. The average molecular weight is 373 g/mol. The van der Waals surface area contributed by atoms with Crippen LogP contribution in [0.2, 0.25) is 10.0 Å². The molecule has 0 radical (unpaired) electrons. The van der Waals surface area contributed by atoms with Gasteiger partial charge in [-0.25, -0.2) is 8.42 Å². The van der Waals surface area contributed by atoms with Crippen molar-refractivity contribution in [3.05, 3.63) is 27.7 Å². The van der Waals surface area contributed by atoms with E-state index in [1.54, 1.807) is 0 Å². The maximum Gasteiger partial charge on any atom is 0.261 e. The molecule has 0 bridgehead atoms. The van der Waals surface area contributed by atoms with Crippen LogP contribution in [0.4, 0.5) is 0 Å². The zero-order valence-corrected chi connectivity index (χ0v) is 14.0. The summed E-state index contributed by atoms with van der Waals surface area (Å²) in [6.07, 6.45) is 0.550. The van der Waals surface area contributed by atoms with Crippen molar-refractivity contribution in [3.63, 3.8) is 0 Å². The molecule has 1 aliphatic heterocycles. The lowest BCUT2D eigenvalue weighted by Gasteiger charge is -2.17. The molecule has 21 heavy (non-hydrogen) atoms. The minimum absolute atomic E-state index is 0.0233. The van der Waals surface area contributed by atoms with Crippen LogP contribution in [0.5, 0.6) is 0 Å². The number of halogens is 3. The molecular weight excluding hydrogens is 361 g/mol. The zero-order chi connectivity index (χ0) is 15.8. The predicted octanol–water partition coefficient (Wildman–Crippen LogP) is 2.83. The third-order valence-corrected chi connectivity index (χ3v) is 5.36. The Balaban J connectivity index is 2.34. The molecule has 0 saturated carbocycles. The van der Waals surface area contributed by atoms with E-state index < -0.39 is 15.0 Å². The molecule has 116 valence electrons. The second kappa shape index (κ2) is 6.30. The molecule has 1 amide bonds. The third kappa shape index (κ3) is 3.81. The second-order valence-electron chi connectivity index (χ2n) is 4.65. The van der Waals surface area contributed by atoms with Gasteiger partial charge in [-0.3, -0.25) is 4.79 Å². The van der Waals surface area contributed by atoms with E-state index in [1.807, 2.05) is 6.92 Å². The molecule has 1 N–H and O–H groups in total. The first-order valence-electron chi connectivity index (χ1n) is 6.06. The molecule has 0 spiro atoms. The van der Waals surface area contributed by atoms with E-state index in [2.05, 4.69) is 5.32 Å². The molecule has 1 saturated heterocycles. The van der Waals surface area contributed by atoms with Crippen molar-refractivity contribution in [3.8, 4) is 0 Å². The molecule has 9 heteroatoms. The number of hydrogen-bond donors (Lipinski definition) is 1. The van der Waals surface area contributed by atoms with Crippen LogP contribution in [-0.2, 0) is 13.8 Å². The van der Waals surface area contributed by atoms with E-state index in [0.717, 1.165) is 12.1 Å². The van der Waals surface area contributed by atoms with Gasteiger partial charge >= 0.3 is 0 Å². The van der Waals surface area contributed by atoms with Crippen molar-refractivity contribution >= 4 is 48.8 Å². The van der Waals surface area contributed by atoms with Gasteiger partial charge in [-0.15, -0.1) is 0 Å². The first-order valence-corrected chi connectivity index (χ1v) is 9.13. The average Bonchev–Trinajstić information content (AvgIpc) is 2.76. The topological polar surface area (TPSA) is 72.5 Å². The van der Waals surface area contributed by atoms with Crippen LogP contribution >= 0.6 is 33.9 Å². The Morgan fingerprint density at radius 3 is 2.57 bits per heavy atom. The minimum Gasteiger partial charge on any atom is -0.376 e. The highest BCUT2D eigenvalue weighted by Gasteiger charge is 2.27. The van der Waals surface area contributed by atoms with E-state index in [1.165, 1.54) is 0 Å². The Kier molecular flexibility index (Phi) is 5.05. The predicted molar refractivity (Wildman–Crippen MR) is 80.8 cm³/mol. The maximum absolute atomic E-state index is 12.3. The smallest absolute Gasteiger partial charge is 0.261 e. The SMILES string of the molecule is CC1OCCC1NC(=O)c1cc(S(=O)(=O)Cl)cc(Cl)c1Cl. The highest BCUT2D eigenvalue weighted by molar-refractivity contribution is 8.13. The quantitative estimate of drug-likeness (QED) is 0.828. The Morgan fingerprint density at radius 2 is 2.05 bits per heavy atom. The molecule has 5 nitrogen and oxygen atoms in total. The molecule has 1 heterocycles. The second-order valence-corrected chi connectivity index (χ2v) is 8.00. The van der Waals surface area contributed by atoms with Gasteiger partial charge in [0.25, 0.3) is 15.0 Å². The Hall–Kier alpha value is -0.530. The van der Waals surface area contributed by atoms with Gasteiger partial charge in [-0.1, -0.05) is 23.2 Å². The number of nitrogens with one attached hydrogen (secondary N) is 1. The fourth-order valence-electron chi connectivity index (χ4n) is 2.04. The molecule has 1 aromatic rings. The van der Waals surface area contributed by atoms with Crippen molar-refractivity contribution in [2.24, 2.45) is 0 Å². The lowest BCUT2D eigenvalue weighted by atomic mass is 10.1. The molecule has 1 fully saturated rings. The molecule has 2 rings (SSSR count). The lowest BCUT2D eigenvalue weighted by Crippen LogP contribution is -2.39. The number of carbonyl (C=O) groups excluding carboxylic acids is 1. The molecule has 0 aliphatic carbocycles. The van der Waals surface area contributed by atoms with Crippen LogP contribution in [0.1, 0.15) is 23.7 Å². The zero-order valence-electron chi connectivity index (χ0n) is 10.9. The minimum atomic E-state index is -4.01. The molecular formula is C12H12Cl3NO4S. The lowest BCUT2D eigenvalue weighted by molar-refractivity contribution is 0.0866. The highest BCUT2D eigenvalue weighted by Crippen LogP contribution is 2.31. The van der Waals surface area contributed by atoms with E-state index in [0.29, 0.717) is 13.0 Å². The number of ether oxygens (including phenoxy) is 1. The number of rotatable bonds is 3. The van der Waals surface area contributed by atoms with Crippen molar-refractivity contribution in [1.82, 2.24) is 5.32 Å². The summed E-state index contributed by atoms with van der Waals surface area (Å²) >= 11 is 11.8. The first kappa shape index (κ1) is 16.8. The van der Waals surface area contributed by atoms with Crippen molar-refractivity contribution in [1.29, 1.82) is 0 Å². The van der Waals surface area contributed by atoms with Crippen LogP contribution in [0.15, 0.2) is 17.0 Å². The van der Waals surface area contributed by atoms with E-state index in [9.17, 15) is 13.2 Å². The molecule has 2 unspecified atom stereocenters. The summed E-state index contributed by atoms with van der Waals surface area (Å²) in [4.78, 5) is 12.0. The van der Waals surface area contributed by atoms with E-state index in [-0.39, 0.29) is 32.7 Å². The number of hydrogen-bond acceptors (Lipinski definition) is 4. The van der Waals surface area contributed by atoms with Gasteiger partial charge in [0.2, 0.25) is 0 Å². The summed E-state index contributed by atoms with van der Waals surface area (Å²) in [6.45, 7) is 2.39. The monoisotopic (exact) mass is 371 g/mol. The van der Waals surface area contributed by atoms with Gasteiger partial charge in [-0.2, -0.15) is 0 Å². The molecule has 1 aliphatic rings. The largest absolute Gasteiger partial charge is 0.376 e. The van der Waals surface area contributed by atoms with Gasteiger partial charge in [0.05, 0.1) is 32.7 Å². The summed E-state index contributed by atoms with van der Waals surface area (Å²) in [6, 6.07) is 2.04. The van der Waals surface area contributed by atoms with Gasteiger partial charge in [0, 0.05) is 17.3 Å². The summed E-state index contributed by atoms with van der Waals surface area (Å²) in [5.41, 5.74) is -0.0394. The van der Waals surface area contributed by atoms with E-state index in [4.69, 9.17) is 38.6 Å². The Labute approximate surface area is 136 Å². The normalized spacial score (nSPS) is 22.3. The van der Waals surface area contributed by atoms with Crippen LogP contribution in [0.25, 0.3) is 0 Å². The fourth-order valence-corrected chi connectivity index (χ4v) is 3.30. The highest BCUT2D eigenvalue weighted by atomic mass is 35.7. The maximum atomic E-state index is 12.3. The first-order chi connectivity index (χ1) is 9.70. The van der Waals surface area contributed by atoms with E-state index >= 15 is 0 Å². The van der Waals surface area contributed by atoms with Crippen LogP contribution < -0.4 is 5.32 Å². The van der Waals surface area contributed by atoms with Crippen molar-refractivity contribution < 1.29 is 17.9 Å².